The molecule has 1 aliphatic heterocycles. The number of nitrogens with one attached hydrogen (secondary N) is 1. The summed E-state index contributed by atoms with van der Waals surface area (Å²) < 4.78 is 2.16. The van der Waals surface area contributed by atoms with E-state index >= 15 is 0 Å². The molecule has 4 rings (SSSR count). The summed E-state index contributed by atoms with van der Waals surface area (Å²) in [6.45, 7) is 8.95. The van der Waals surface area contributed by atoms with Crippen molar-refractivity contribution in [2.45, 2.75) is 52.9 Å². The van der Waals surface area contributed by atoms with Gasteiger partial charge in [0.25, 0.3) is 5.91 Å². The molecule has 1 aliphatic rings. The van der Waals surface area contributed by atoms with Gasteiger partial charge in [-0.15, -0.1) is 0 Å². The molecule has 0 aliphatic carbocycles. The predicted molar refractivity (Wildman–Crippen MR) is 122 cm³/mol. The van der Waals surface area contributed by atoms with Crippen LogP contribution in [0, 0.1) is 13.8 Å². The number of rotatable bonds is 6. The molecule has 0 spiro atoms. The number of benzene rings is 1. The quantitative estimate of drug-likeness (QED) is 0.611. The molecule has 1 aromatic carbocycles. The highest BCUT2D eigenvalue weighted by Gasteiger charge is 2.25. The van der Waals surface area contributed by atoms with Gasteiger partial charge in [-0.25, -0.2) is 9.97 Å². The maximum absolute atomic E-state index is 12.9. The van der Waals surface area contributed by atoms with Crippen LogP contribution in [0.4, 0.5) is 5.82 Å². The smallest absolute Gasteiger partial charge is 0.289 e. The number of aryl methyl sites for hydroxylation is 1. The fourth-order valence-electron chi connectivity index (χ4n) is 4.23. The molecule has 0 radical (unpaired) electrons. The third-order valence-corrected chi connectivity index (χ3v) is 6.02. The van der Waals surface area contributed by atoms with Crippen molar-refractivity contribution in [1.29, 1.82) is 0 Å². The summed E-state index contributed by atoms with van der Waals surface area (Å²) in [7, 11) is 0. The summed E-state index contributed by atoms with van der Waals surface area (Å²) in [4.78, 5) is 24.8. The van der Waals surface area contributed by atoms with Crippen LogP contribution in [0.5, 0.6) is 0 Å². The monoisotopic (exact) mass is 405 g/mol. The van der Waals surface area contributed by atoms with Gasteiger partial charge in [-0.3, -0.25) is 9.36 Å². The first kappa shape index (κ1) is 20.4. The molecule has 1 fully saturated rings. The second kappa shape index (κ2) is 8.86. The number of piperidine rings is 1. The van der Waals surface area contributed by atoms with Gasteiger partial charge in [-0.2, -0.15) is 0 Å². The largest absolute Gasteiger partial charge is 0.356 e. The Balaban J connectivity index is 1.90. The van der Waals surface area contributed by atoms with Gasteiger partial charge in [0.2, 0.25) is 5.82 Å². The zero-order valence-corrected chi connectivity index (χ0v) is 18.2. The molecule has 6 heteroatoms. The molecular weight excluding hydrogens is 374 g/mol. The Morgan fingerprint density at radius 3 is 2.50 bits per heavy atom. The molecule has 0 saturated carbocycles. The van der Waals surface area contributed by atoms with E-state index in [2.05, 4.69) is 47.7 Å². The Labute approximate surface area is 178 Å². The zero-order chi connectivity index (χ0) is 21.1. The van der Waals surface area contributed by atoms with Gasteiger partial charge in [0.15, 0.2) is 5.65 Å². The van der Waals surface area contributed by atoms with Gasteiger partial charge in [-0.1, -0.05) is 31.5 Å². The van der Waals surface area contributed by atoms with E-state index in [1.807, 2.05) is 18.2 Å². The Bertz CT molecular complexity index is 1030. The molecule has 1 saturated heterocycles. The molecule has 2 aromatic heterocycles. The van der Waals surface area contributed by atoms with Crippen LogP contribution >= 0.6 is 0 Å². The van der Waals surface area contributed by atoms with Crippen LogP contribution in [0.2, 0.25) is 0 Å². The highest BCUT2D eigenvalue weighted by molar-refractivity contribution is 5.98. The van der Waals surface area contributed by atoms with Crippen molar-refractivity contribution in [1.82, 2.24) is 19.9 Å². The first-order valence-electron chi connectivity index (χ1n) is 11.1. The summed E-state index contributed by atoms with van der Waals surface area (Å²) in [5, 5.41) is 4.04. The molecule has 1 amide bonds. The number of anilines is 1. The highest BCUT2D eigenvalue weighted by atomic mass is 16.2. The van der Waals surface area contributed by atoms with Gasteiger partial charge in [0.1, 0.15) is 5.82 Å². The maximum Gasteiger partial charge on any atom is 0.289 e. The summed E-state index contributed by atoms with van der Waals surface area (Å²) in [5.74, 6) is 0.962. The van der Waals surface area contributed by atoms with Crippen LogP contribution in [0.3, 0.4) is 0 Å². The molecule has 0 atom stereocenters. The Morgan fingerprint density at radius 2 is 1.80 bits per heavy atom. The number of aromatic nitrogens is 3. The van der Waals surface area contributed by atoms with E-state index in [1.54, 1.807) is 0 Å². The molecule has 6 nitrogen and oxygen atoms in total. The lowest BCUT2D eigenvalue weighted by molar-refractivity contribution is 0.0943. The van der Waals surface area contributed by atoms with E-state index in [-0.39, 0.29) is 11.7 Å². The minimum atomic E-state index is -0.195. The van der Waals surface area contributed by atoms with Crippen LogP contribution in [-0.2, 0) is 0 Å². The highest BCUT2D eigenvalue weighted by Crippen LogP contribution is 2.34. The first-order chi connectivity index (χ1) is 14.6. The molecule has 0 unspecified atom stereocenters. The van der Waals surface area contributed by atoms with Crippen LogP contribution < -0.4 is 10.2 Å². The van der Waals surface area contributed by atoms with E-state index in [0.29, 0.717) is 6.54 Å². The molecule has 3 heterocycles. The van der Waals surface area contributed by atoms with Crippen LogP contribution in [0.15, 0.2) is 30.3 Å². The average Bonchev–Trinajstić information content (AvgIpc) is 3.04. The Kier molecular flexibility index (Phi) is 6.02. The lowest BCUT2D eigenvalue weighted by Crippen LogP contribution is -2.32. The van der Waals surface area contributed by atoms with Crippen molar-refractivity contribution in [3.8, 4) is 5.69 Å². The molecular formula is C24H31N5O. The third kappa shape index (κ3) is 3.78. The number of hydrogen-bond acceptors (Lipinski definition) is 4. The lowest BCUT2D eigenvalue weighted by atomic mass is 10.1. The van der Waals surface area contributed by atoms with Crippen molar-refractivity contribution >= 4 is 22.8 Å². The fraction of sp³-hybridized carbons (Fsp3) is 0.458. The number of carbonyl (C=O) groups is 1. The lowest BCUT2D eigenvalue weighted by Gasteiger charge is -2.28. The summed E-state index contributed by atoms with van der Waals surface area (Å²) in [6.07, 6.45) is 5.54. The van der Waals surface area contributed by atoms with Crippen molar-refractivity contribution in [3.05, 3.63) is 47.4 Å². The van der Waals surface area contributed by atoms with E-state index in [1.165, 1.54) is 12.0 Å². The number of nitrogens with zero attached hydrogens (tertiary/aromatic N) is 4. The zero-order valence-electron chi connectivity index (χ0n) is 18.2. The van der Waals surface area contributed by atoms with Crippen LogP contribution in [0.1, 0.15) is 60.9 Å². The number of amides is 1. The Morgan fingerprint density at radius 1 is 1.07 bits per heavy atom. The maximum atomic E-state index is 12.9. The minimum absolute atomic E-state index is 0.195. The normalized spacial score (nSPS) is 14.3. The second-order valence-corrected chi connectivity index (χ2v) is 8.11. The van der Waals surface area contributed by atoms with Crippen molar-refractivity contribution in [3.63, 3.8) is 0 Å². The van der Waals surface area contributed by atoms with E-state index in [9.17, 15) is 4.79 Å². The van der Waals surface area contributed by atoms with Gasteiger partial charge in [0, 0.05) is 31.0 Å². The number of hydrogen-bond donors (Lipinski definition) is 1. The van der Waals surface area contributed by atoms with Gasteiger partial charge in [-0.05, 0) is 57.2 Å². The topological polar surface area (TPSA) is 63.1 Å². The molecule has 158 valence electrons. The van der Waals surface area contributed by atoms with Crippen LogP contribution in [0.25, 0.3) is 16.7 Å². The number of para-hydroxylation sites is 1. The van der Waals surface area contributed by atoms with E-state index in [0.717, 1.165) is 67.0 Å². The van der Waals surface area contributed by atoms with Gasteiger partial charge in [0.05, 0.1) is 5.39 Å². The first-order valence-corrected chi connectivity index (χ1v) is 11.1. The van der Waals surface area contributed by atoms with Crippen molar-refractivity contribution in [2.75, 3.05) is 24.5 Å². The van der Waals surface area contributed by atoms with E-state index in [4.69, 9.17) is 9.97 Å². The third-order valence-electron chi connectivity index (χ3n) is 6.02. The van der Waals surface area contributed by atoms with Gasteiger partial charge < -0.3 is 10.2 Å². The molecule has 0 bridgehead atoms. The molecule has 3 aromatic rings. The van der Waals surface area contributed by atoms with Crippen LogP contribution in [-0.4, -0.2) is 40.1 Å². The average molecular weight is 406 g/mol. The molecule has 30 heavy (non-hydrogen) atoms. The van der Waals surface area contributed by atoms with Crippen molar-refractivity contribution in [2.24, 2.45) is 0 Å². The summed E-state index contributed by atoms with van der Waals surface area (Å²) in [5.41, 5.74) is 4.17. The predicted octanol–water partition coefficient (Wildman–Crippen LogP) is 4.56. The number of unbranched alkanes of at least 4 members (excludes halogenated alkanes) is 1. The minimum Gasteiger partial charge on any atom is -0.356 e. The Hall–Kier alpha value is -2.89. The van der Waals surface area contributed by atoms with E-state index < -0.39 is 0 Å². The standard InChI is InChI=1S/C24H31N5O/c1-4-5-14-25-24(30)21-26-22(28-15-10-7-11-16-28)20-17(2)18(3)29(23(20)27-21)19-12-8-6-9-13-19/h6,8-9,12-13H,4-5,7,10-11,14-16H2,1-3H3,(H,25,30). The second-order valence-electron chi connectivity index (χ2n) is 8.11. The summed E-state index contributed by atoms with van der Waals surface area (Å²) in [6, 6.07) is 10.2. The molecule has 1 N–H and O–H groups in total. The fourth-order valence-corrected chi connectivity index (χ4v) is 4.23. The number of fused-ring (bicyclic) bond motifs is 1. The number of carbonyl (C=O) groups excluding carboxylic acids is 1. The SMILES string of the molecule is CCCCNC(=O)c1nc(N2CCCCC2)c2c(C)c(C)n(-c3ccccc3)c2n1. The van der Waals surface area contributed by atoms with Gasteiger partial charge >= 0.3 is 0 Å². The van der Waals surface area contributed by atoms with Crippen molar-refractivity contribution < 1.29 is 4.79 Å². The summed E-state index contributed by atoms with van der Waals surface area (Å²) >= 11 is 0.